The maximum atomic E-state index is 14.4. The molecule has 12 heteroatoms. The predicted octanol–water partition coefficient (Wildman–Crippen LogP) is 8.97. The van der Waals surface area contributed by atoms with Crippen LogP contribution >= 0.6 is 0 Å². The van der Waals surface area contributed by atoms with E-state index in [1.54, 1.807) is 13.8 Å². The van der Waals surface area contributed by atoms with Crippen LogP contribution in [0.1, 0.15) is 168 Å². The van der Waals surface area contributed by atoms with Gasteiger partial charge in [-0.3, -0.25) is 19.3 Å². The molecule has 3 fully saturated rings. The number of amides is 1. The summed E-state index contributed by atoms with van der Waals surface area (Å²) in [7, 11) is 0. The molecule has 4 rings (SSSR count). The number of carbonyl (C=O) groups excluding carboxylic acids is 3. The fourth-order valence-corrected chi connectivity index (χ4v) is 9.73. The molecule has 336 valence electrons. The number of aliphatic carboxylic acids is 2. The molecule has 0 unspecified atom stereocenters. The van der Waals surface area contributed by atoms with Gasteiger partial charge in [-0.2, -0.15) is 0 Å². The van der Waals surface area contributed by atoms with Crippen molar-refractivity contribution in [3.05, 3.63) is 33.9 Å². The summed E-state index contributed by atoms with van der Waals surface area (Å²) in [6.45, 7) is 21.0. The number of nitrogens with zero attached hydrogens (tertiary/aromatic N) is 1. The zero-order chi connectivity index (χ0) is 44.7. The molecular weight excluding hydrogens is 765 g/mol. The van der Waals surface area contributed by atoms with Crippen molar-refractivity contribution in [2.45, 2.75) is 190 Å². The fourth-order valence-electron chi connectivity index (χ4n) is 9.73. The number of carboxylic acid groups (broad SMARTS) is 2. The fraction of sp³-hybridized carbons (Fsp3) is 0.729. The van der Waals surface area contributed by atoms with Gasteiger partial charge in [-0.15, -0.1) is 0 Å². The van der Waals surface area contributed by atoms with Gasteiger partial charge in [0.1, 0.15) is 17.5 Å². The minimum Gasteiger partial charge on any atom is -0.507 e. The minimum atomic E-state index is -1.60. The van der Waals surface area contributed by atoms with Gasteiger partial charge in [0.2, 0.25) is 11.5 Å². The highest BCUT2D eigenvalue weighted by Gasteiger charge is 2.76. The number of aromatic hydroxyl groups is 1. The van der Waals surface area contributed by atoms with Gasteiger partial charge in [0.25, 0.3) is 0 Å². The normalized spacial score (nSPS) is 24.0. The Morgan fingerprint density at radius 2 is 1.53 bits per heavy atom. The lowest BCUT2D eigenvalue weighted by molar-refractivity contribution is -0.176. The van der Waals surface area contributed by atoms with E-state index >= 15 is 0 Å². The zero-order valence-corrected chi connectivity index (χ0v) is 38.1. The number of hydrogen-bond donors (Lipinski definition) is 4. The summed E-state index contributed by atoms with van der Waals surface area (Å²) in [6, 6.07) is -2.40. The molecule has 2 saturated heterocycles. The first kappa shape index (κ1) is 48.7. The molecule has 12 nitrogen and oxygen atoms in total. The number of benzene rings is 1. The molecule has 4 N–H and O–H groups in total. The number of fused-ring (bicyclic) bond motifs is 2. The van der Waals surface area contributed by atoms with Crippen molar-refractivity contribution in [3.8, 4) is 11.5 Å². The van der Waals surface area contributed by atoms with Crippen LogP contribution in [0.3, 0.4) is 0 Å². The van der Waals surface area contributed by atoms with E-state index in [1.807, 2.05) is 25.7 Å². The Morgan fingerprint density at radius 1 is 0.917 bits per heavy atom. The SMILES string of the molecule is C/C(=C\Cc1c(O)c(C)c(C)c(OC(=O)[C@@]23CC[C@@](C)(C(=O)O2)C3(C)C)c1CN1CCC[C@H]1C(=O)N[C@@H](CC(=O)O)C(=O)O)CCC[C@H](C)CCC[C@H](C)CCCC(C)C. The second-order valence-corrected chi connectivity index (χ2v) is 19.7. The number of carboxylic acids is 2. The van der Waals surface area contributed by atoms with Crippen LogP contribution in [-0.4, -0.2) is 74.2 Å². The molecule has 1 aromatic rings. The molecule has 1 aromatic carbocycles. The highest BCUT2D eigenvalue weighted by Crippen LogP contribution is 2.66. The van der Waals surface area contributed by atoms with Gasteiger partial charge in [0, 0.05) is 23.1 Å². The number of ether oxygens (including phenoxy) is 2. The largest absolute Gasteiger partial charge is 0.507 e. The second kappa shape index (κ2) is 20.3. The molecule has 1 saturated carbocycles. The summed E-state index contributed by atoms with van der Waals surface area (Å²) in [4.78, 5) is 66.2. The minimum absolute atomic E-state index is 0.0604. The number of likely N-dealkylation sites (tertiary alicyclic amines) is 1. The molecule has 60 heavy (non-hydrogen) atoms. The summed E-state index contributed by atoms with van der Waals surface area (Å²) in [5, 5.41) is 33.1. The van der Waals surface area contributed by atoms with Gasteiger partial charge in [0.15, 0.2) is 0 Å². The van der Waals surface area contributed by atoms with Crippen molar-refractivity contribution < 1.29 is 48.8 Å². The molecule has 1 aliphatic carbocycles. The second-order valence-electron chi connectivity index (χ2n) is 19.7. The first-order valence-electron chi connectivity index (χ1n) is 22.5. The van der Waals surface area contributed by atoms with Crippen LogP contribution < -0.4 is 10.1 Å². The van der Waals surface area contributed by atoms with E-state index < -0.39 is 64.7 Å². The molecule has 2 bridgehead atoms. The molecule has 6 atom stereocenters. The van der Waals surface area contributed by atoms with Crippen molar-refractivity contribution in [2.75, 3.05) is 6.54 Å². The number of hydrogen-bond acceptors (Lipinski definition) is 9. The molecule has 3 aliphatic rings. The van der Waals surface area contributed by atoms with E-state index in [1.165, 1.54) is 44.1 Å². The van der Waals surface area contributed by atoms with E-state index in [-0.39, 0.29) is 18.0 Å². The quantitative estimate of drug-likeness (QED) is 0.0470. The number of carbonyl (C=O) groups is 5. The van der Waals surface area contributed by atoms with Gasteiger partial charge in [-0.1, -0.05) is 98.1 Å². The van der Waals surface area contributed by atoms with Crippen molar-refractivity contribution in [1.29, 1.82) is 0 Å². The number of esters is 2. The monoisotopic (exact) mass is 839 g/mol. The van der Waals surface area contributed by atoms with E-state index in [9.17, 15) is 39.3 Å². The number of phenols is 1. The lowest BCUT2D eigenvalue weighted by Crippen LogP contribution is -2.50. The Morgan fingerprint density at radius 3 is 2.08 bits per heavy atom. The molecule has 2 heterocycles. The summed E-state index contributed by atoms with van der Waals surface area (Å²) >= 11 is 0. The van der Waals surface area contributed by atoms with Gasteiger partial charge in [-0.25, -0.2) is 9.59 Å². The van der Waals surface area contributed by atoms with Gasteiger partial charge in [-0.05, 0) is 108 Å². The van der Waals surface area contributed by atoms with Crippen LogP contribution in [0, 0.1) is 42.4 Å². The standard InChI is InChI=1S/C48H74N2O10/c1-29(2)15-11-16-30(3)17-12-18-31(4)19-13-20-32(5)22-23-35-36(28-50-26-14-21-38(50)42(54)49-37(43(55)56)27-39(51)52)41(34(7)33(6)40(35)53)59-45(58)48-25-24-47(10,44(57)60-48)46(48,8)9/h22,29-31,37-38,53H,11-21,23-28H2,1-10H3,(H,49,54)(H,51,52)(H,55,56)/b32-22+/t30-,31-,37+,38+,47+,48-/m1/s1. The molecule has 1 amide bonds. The first-order valence-corrected chi connectivity index (χ1v) is 22.5. The van der Waals surface area contributed by atoms with Crippen molar-refractivity contribution in [1.82, 2.24) is 10.2 Å². The van der Waals surface area contributed by atoms with Crippen molar-refractivity contribution >= 4 is 29.8 Å². The van der Waals surface area contributed by atoms with Crippen LogP contribution in [0.5, 0.6) is 11.5 Å². The summed E-state index contributed by atoms with van der Waals surface area (Å²) in [5.74, 6) is -2.06. The summed E-state index contributed by atoms with van der Waals surface area (Å²) < 4.78 is 12.3. The smallest absolute Gasteiger partial charge is 0.356 e. The molecule has 2 aliphatic heterocycles. The molecule has 0 aromatic heterocycles. The Bertz CT molecular complexity index is 1780. The Kier molecular flexibility index (Phi) is 16.5. The number of allylic oxidation sites excluding steroid dienone is 2. The van der Waals surface area contributed by atoms with E-state index in [4.69, 9.17) is 9.47 Å². The van der Waals surface area contributed by atoms with E-state index in [2.05, 4.69) is 46.0 Å². The number of phenolic OH excluding ortho intramolecular Hbond substituents is 1. The summed E-state index contributed by atoms with van der Waals surface area (Å²) in [6.07, 6.45) is 14.2. The third-order valence-electron chi connectivity index (χ3n) is 14.6. The van der Waals surface area contributed by atoms with Crippen LogP contribution in [0.25, 0.3) is 0 Å². The predicted molar refractivity (Wildman–Crippen MR) is 231 cm³/mol. The highest BCUT2D eigenvalue weighted by molar-refractivity contribution is 5.95. The molecule has 0 spiro atoms. The molecular formula is C48H74N2O10. The number of nitrogens with one attached hydrogen (secondary N) is 1. The van der Waals surface area contributed by atoms with Crippen LogP contribution in [0.4, 0.5) is 0 Å². The van der Waals surface area contributed by atoms with Crippen LogP contribution in [0.15, 0.2) is 11.6 Å². The third kappa shape index (κ3) is 10.7. The van der Waals surface area contributed by atoms with Crippen LogP contribution in [-0.2, 0) is 41.7 Å². The van der Waals surface area contributed by atoms with Crippen molar-refractivity contribution in [3.63, 3.8) is 0 Å². The molecule has 0 radical (unpaired) electrons. The lowest BCUT2D eigenvalue weighted by atomic mass is 9.66. The third-order valence-corrected chi connectivity index (χ3v) is 14.6. The van der Waals surface area contributed by atoms with Crippen molar-refractivity contribution in [2.24, 2.45) is 28.6 Å². The highest BCUT2D eigenvalue weighted by atomic mass is 16.6. The first-order chi connectivity index (χ1) is 28.1. The number of rotatable bonds is 23. The Hall–Kier alpha value is -3.93. The topological polar surface area (TPSA) is 180 Å². The maximum absolute atomic E-state index is 14.4. The van der Waals surface area contributed by atoms with Gasteiger partial charge >= 0.3 is 23.9 Å². The van der Waals surface area contributed by atoms with E-state index in [0.717, 1.165) is 31.1 Å². The average molecular weight is 839 g/mol. The summed E-state index contributed by atoms with van der Waals surface area (Å²) in [5.41, 5.74) is 0.0997. The Labute approximate surface area is 358 Å². The lowest BCUT2D eigenvalue weighted by Gasteiger charge is -2.35. The Balaban J connectivity index is 1.58. The van der Waals surface area contributed by atoms with Gasteiger partial charge in [0.05, 0.1) is 17.9 Å². The van der Waals surface area contributed by atoms with E-state index in [0.29, 0.717) is 66.8 Å². The average Bonchev–Trinajstić information content (AvgIpc) is 3.75. The van der Waals surface area contributed by atoms with Crippen LogP contribution in [0.2, 0.25) is 0 Å². The van der Waals surface area contributed by atoms with Gasteiger partial charge < -0.3 is 30.1 Å². The zero-order valence-electron chi connectivity index (χ0n) is 38.1. The maximum Gasteiger partial charge on any atom is 0.356 e.